The zero-order valence-corrected chi connectivity index (χ0v) is 14.4. The number of hydrogen-bond acceptors (Lipinski definition) is 3. The monoisotopic (exact) mass is 340 g/mol. The van der Waals surface area contributed by atoms with Crippen molar-refractivity contribution in [1.29, 1.82) is 0 Å². The summed E-state index contributed by atoms with van der Waals surface area (Å²) >= 11 is 0. The molecule has 5 heteroatoms. The number of carbonyl (C=O) groups is 3. The van der Waals surface area contributed by atoms with Crippen LogP contribution in [-0.4, -0.2) is 27.9 Å². The van der Waals surface area contributed by atoms with E-state index in [-0.39, 0.29) is 17.5 Å². The number of carboxylic acid groups (broad SMARTS) is 2. The molecular weight excluding hydrogens is 320 g/mol. The topological polar surface area (TPSA) is 91.7 Å². The molecule has 2 aromatic carbocycles. The molecule has 2 N–H and O–H groups in total. The number of aromatic carboxylic acids is 2. The molecule has 0 amide bonds. The van der Waals surface area contributed by atoms with E-state index in [2.05, 4.69) is 0 Å². The van der Waals surface area contributed by atoms with Gasteiger partial charge in [0.15, 0.2) is 5.78 Å². The first-order valence-corrected chi connectivity index (χ1v) is 7.84. The Balaban J connectivity index is 2.63. The van der Waals surface area contributed by atoms with Crippen LogP contribution in [0.5, 0.6) is 0 Å². The van der Waals surface area contributed by atoms with E-state index < -0.39 is 28.7 Å². The van der Waals surface area contributed by atoms with Gasteiger partial charge in [-0.25, -0.2) is 9.59 Å². The van der Waals surface area contributed by atoms with Crippen molar-refractivity contribution in [3.05, 3.63) is 70.3 Å². The third-order valence-electron chi connectivity index (χ3n) is 3.95. The van der Waals surface area contributed by atoms with Crippen molar-refractivity contribution in [2.45, 2.75) is 32.6 Å². The first kappa shape index (κ1) is 18.4. The van der Waals surface area contributed by atoms with Gasteiger partial charge in [0.25, 0.3) is 0 Å². The molecule has 0 aliphatic rings. The van der Waals surface area contributed by atoms with E-state index in [4.69, 9.17) is 0 Å². The van der Waals surface area contributed by atoms with Gasteiger partial charge in [0.05, 0.1) is 11.1 Å². The van der Waals surface area contributed by atoms with Crippen LogP contribution in [0.4, 0.5) is 0 Å². The highest BCUT2D eigenvalue weighted by Gasteiger charge is 2.31. The lowest BCUT2D eigenvalue weighted by molar-refractivity contribution is 0.0647. The Kier molecular flexibility index (Phi) is 5.07. The van der Waals surface area contributed by atoms with Crippen molar-refractivity contribution in [2.75, 3.05) is 0 Å². The second kappa shape index (κ2) is 6.89. The zero-order chi connectivity index (χ0) is 18.8. The second-order valence-electron chi connectivity index (χ2n) is 6.86. The molecule has 0 aromatic heterocycles. The van der Waals surface area contributed by atoms with Gasteiger partial charge in [0.1, 0.15) is 0 Å². The normalized spacial score (nSPS) is 11.2. The molecule has 0 aliphatic carbocycles. The summed E-state index contributed by atoms with van der Waals surface area (Å²) in [5, 5.41) is 19.2. The van der Waals surface area contributed by atoms with E-state index in [9.17, 15) is 24.6 Å². The van der Waals surface area contributed by atoms with Gasteiger partial charge in [-0.1, -0.05) is 63.2 Å². The summed E-state index contributed by atoms with van der Waals surface area (Å²) in [5.74, 6) is -3.19. The molecule has 2 rings (SSSR count). The van der Waals surface area contributed by atoms with Crippen molar-refractivity contribution in [3.63, 3.8) is 0 Å². The van der Waals surface area contributed by atoms with Crippen LogP contribution in [0.2, 0.25) is 0 Å². The predicted octanol–water partition coefficient (Wildman–Crippen LogP) is 3.81. The molecule has 0 fully saturated rings. The summed E-state index contributed by atoms with van der Waals surface area (Å²) in [7, 11) is 0. The maximum absolute atomic E-state index is 12.6. The minimum Gasteiger partial charge on any atom is -0.478 e. The smallest absolute Gasteiger partial charge is 0.337 e. The van der Waals surface area contributed by atoms with Crippen LogP contribution < -0.4 is 0 Å². The number of carboxylic acids is 2. The lowest BCUT2D eigenvalue weighted by atomic mass is 9.80. The molecule has 2 aromatic rings. The summed E-state index contributed by atoms with van der Waals surface area (Å²) < 4.78 is 0. The van der Waals surface area contributed by atoms with Crippen LogP contribution in [0.15, 0.2) is 42.5 Å². The van der Waals surface area contributed by atoms with Crippen molar-refractivity contribution >= 4 is 17.7 Å². The van der Waals surface area contributed by atoms with Crippen LogP contribution in [0.25, 0.3) is 0 Å². The molecule has 0 unspecified atom stereocenters. The van der Waals surface area contributed by atoms with Crippen molar-refractivity contribution < 1.29 is 24.6 Å². The lowest BCUT2D eigenvalue weighted by Gasteiger charge is -2.23. The minimum absolute atomic E-state index is 0.00897. The van der Waals surface area contributed by atoms with E-state index in [0.717, 1.165) is 5.56 Å². The molecule has 25 heavy (non-hydrogen) atoms. The quantitative estimate of drug-likeness (QED) is 0.808. The molecule has 5 nitrogen and oxygen atoms in total. The number of carbonyl (C=O) groups excluding carboxylic acids is 1. The first-order valence-electron chi connectivity index (χ1n) is 7.84. The summed E-state index contributed by atoms with van der Waals surface area (Å²) in [6, 6.07) is 11.9. The third kappa shape index (κ3) is 3.94. The van der Waals surface area contributed by atoms with Gasteiger partial charge < -0.3 is 10.2 Å². The molecule has 0 saturated carbocycles. The fraction of sp³-hybridized carbons (Fsp3) is 0.250. The van der Waals surface area contributed by atoms with E-state index >= 15 is 0 Å². The van der Waals surface area contributed by atoms with E-state index in [1.807, 2.05) is 6.07 Å². The summed E-state index contributed by atoms with van der Waals surface area (Å²) in [6.07, 6.45) is 0.00897. The average Bonchev–Trinajstić information content (AvgIpc) is 2.53. The summed E-state index contributed by atoms with van der Waals surface area (Å²) in [4.78, 5) is 36.1. The van der Waals surface area contributed by atoms with E-state index in [1.54, 1.807) is 45.0 Å². The predicted molar refractivity (Wildman–Crippen MR) is 93.5 cm³/mol. The lowest BCUT2D eigenvalue weighted by Crippen LogP contribution is -2.23. The molecule has 0 heterocycles. The maximum atomic E-state index is 12.6. The van der Waals surface area contributed by atoms with Crippen LogP contribution in [-0.2, 0) is 11.8 Å². The molecule has 130 valence electrons. The fourth-order valence-electron chi connectivity index (χ4n) is 2.78. The number of ketones is 1. The van der Waals surface area contributed by atoms with Gasteiger partial charge in [0, 0.05) is 12.0 Å². The van der Waals surface area contributed by atoms with Gasteiger partial charge in [0.2, 0.25) is 0 Å². The van der Waals surface area contributed by atoms with Crippen molar-refractivity contribution in [3.8, 4) is 0 Å². The molecule has 0 aliphatic heterocycles. The summed E-state index contributed by atoms with van der Waals surface area (Å²) in [5.41, 5.74) is -0.297. The van der Waals surface area contributed by atoms with E-state index in [1.165, 1.54) is 12.1 Å². The Morgan fingerprint density at radius 3 is 1.88 bits per heavy atom. The Morgan fingerprint density at radius 1 is 0.840 bits per heavy atom. The zero-order valence-electron chi connectivity index (χ0n) is 14.4. The average molecular weight is 340 g/mol. The van der Waals surface area contributed by atoms with Gasteiger partial charge >= 0.3 is 11.9 Å². The molecule has 0 spiro atoms. The standard InChI is InChI=1S/C20H20O5/c1-20(2,3)14-10-9-13(16(18(22)23)17(14)19(24)25)15(21)11-12-7-5-4-6-8-12/h4-10H,11H2,1-3H3,(H,22,23)(H,24,25). The van der Waals surface area contributed by atoms with Crippen LogP contribution in [0.3, 0.4) is 0 Å². The van der Waals surface area contributed by atoms with Crippen molar-refractivity contribution in [2.24, 2.45) is 0 Å². The minimum atomic E-state index is -1.42. The largest absolute Gasteiger partial charge is 0.478 e. The highest BCUT2D eigenvalue weighted by molar-refractivity contribution is 6.12. The molecule has 0 bridgehead atoms. The molecular formula is C20H20O5. The van der Waals surface area contributed by atoms with Crippen molar-refractivity contribution in [1.82, 2.24) is 0 Å². The Bertz CT molecular complexity index is 829. The van der Waals surface area contributed by atoms with Crippen LogP contribution in [0, 0.1) is 0 Å². The van der Waals surface area contributed by atoms with Gasteiger partial charge in [-0.2, -0.15) is 0 Å². The summed E-state index contributed by atoms with van der Waals surface area (Å²) in [6.45, 7) is 5.39. The van der Waals surface area contributed by atoms with E-state index in [0.29, 0.717) is 5.56 Å². The van der Waals surface area contributed by atoms with Crippen LogP contribution in [0.1, 0.15) is 63.0 Å². The SMILES string of the molecule is CC(C)(C)c1ccc(C(=O)Cc2ccccc2)c(C(=O)O)c1C(=O)O. The number of Topliss-reactive ketones (excluding diaryl/α,β-unsaturated/α-hetero) is 1. The third-order valence-corrected chi connectivity index (χ3v) is 3.95. The first-order chi connectivity index (χ1) is 11.6. The van der Waals surface area contributed by atoms with Gasteiger partial charge in [-0.15, -0.1) is 0 Å². The fourth-order valence-corrected chi connectivity index (χ4v) is 2.78. The second-order valence-corrected chi connectivity index (χ2v) is 6.86. The van der Waals surface area contributed by atoms with Gasteiger partial charge in [-0.3, -0.25) is 4.79 Å². The number of hydrogen-bond donors (Lipinski definition) is 2. The molecule has 0 saturated heterocycles. The number of rotatable bonds is 5. The highest BCUT2D eigenvalue weighted by atomic mass is 16.4. The highest BCUT2D eigenvalue weighted by Crippen LogP contribution is 2.30. The number of benzene rings is 2. The molecule has 0 atom stereocenters. The Labute approximate surface area is 145 Å². The Morgan fingerprint density at radius 2 is 1.40 bits per heavy atom. The molecule has 0 radical (unpaired) electrons. The van der Waals surface area contributed by atoms with Crippen LogP contribution >= 0.6 is 0 Å². The maximum Gasteiger partial charge on any atom is 0.337 e. The van der Waals surface area contributed by atoms with Gasteiger partial charge in [-0.05, 0) is 16.5 Å². The Hall–Kier alpha value is -2.95.